The van der Waals surface area contributed by atoms with Gasteiger partial charge in [-0.2, -0.15) is 0 Å². The van der Waals surface area contributed by atoms with Crippen molar-refractivity contribution in [3.8, 4) is 0 Å². The molecule has 0 aromatic carbocycles. The Bertz CT molecular complexity index is 161. The van der Waals surface area contributed by atoms with Crippen LogP contribution in [-0.4, -0.2) is 59.4 Å². The molecule has 82 valence electrons. The van der Waals surface area contributed by atoms with Crippen LogP contribution in [0, 0.1) is 0 Å². The first-order valence-electron chi connectivity index (χ1n) is 4.18. The average Bonchev–Trinajstić information content (AvgIpc) is 2.77. The fourth-order valence-electron chi connectivity index (χ4n) is 1.51. The second kappa shape index (κ2) is 4.91. The minimum atomic E-state index is -0.770. The Morgan fingerprint density at radius 1 is 1.15 bits per heavy atom. The number of rotatable bonds is 4. The van der Waals surface area contributed by atoms with Gasteiger partial charge < -0.3 is 0 Å². The molecule has 0 radical (unpaired) electrons. The molecule has 0 N–H and O–H groups in total. The van der Waals surface area contributed by atoms with Crippen LogP contribution < -0.4 is 21.5 Å². The van der Waals surface area contributed by atoms with Gasteiger partial charge in [0.05, 0.1) is 0 Å². The van der Waals surface area contributed by atoms with Gasteiger partial charge in [-0.3, -0.25) is 0 Å². The fraction of sp³-hybridized carbons (Fsp3) is 1.00. The molecule has 3 unspecified atom stereocenters. The Hall–Kier alpha value is 1.34. The van der Waals surface area contributed by atoms with Crippen LogP contribution in [0.15, 0.2) is 0 Å². The van der Waals surface area contributed by atoms with Crippen molar-refractivity contribution in [2.75, 3.05) is 35.9 Å². The molecule has 1 saturated heterocycles. The summed E-state index contributed by atoms with van der Waals surface area (Å²) < 4.78 is 5.27. The predicted molar refractivity (Wildman–Crippen MR) is 62.7 cm³/mol. The van der Waals surface area contributed by atoms with Crippen molar-refractivity contribution in [2.45, 2.75) is 12.3 Å². The number of alkyl halides is 3. The molecular formula is C8H20I2N3-. The van der Waals surface area contributed by atoms with E-state index >= 15 is 0 Å². The standard InChI is InChI=1S/C8H20I2N3/c1-9-12(6)8-7(11(4)5)13(8)10(2)3/h7-8H,1-6H3/q-1. The van der Waals surface area contributed by atoms with Gasteiger partial charge in [-0.25, -0.2) is 0 Å². The van der Waals surface area contributed by atoms with Crippen molar-refractivity contribution < 1.29 is 21.5 Å². The first kappa shape index (κ1) is 12.4. The number of hydrogen-bond acceptors (Lipinski definition) is 3. The van der Waals surface area contributed by atoms with Crippen molar-refractivity contribution in [1.82, 2.24) is 11.1 Å². The second-order valence-electron chi connectivity index (χ2n) is 3.54. The molecule has 0 aromatic heterocycles. The van der Waals surface area contributed by atoms with E-state index in [9.17, 15) is 0 Å². The number of hydrogen-bond donors (Lipinski definition) is 0. The summed E-state index contributed by atoms with van der Waals surface area (Å²) in [5.74, 6) is 0. The van der Waals surface area contributed by atoms with Crippen LogP contribution in [0.1, 0.15) is 0 Å². The van der Waals surface area contributed by atoms with Crippen LogP contribution in [0.2, 0.25) is 0 Å². The van der Waals surface area contributed by atoms with Gasteiger partial charge in [-0.15, -0.1) is 0 Å². The van der Waals surface area contributed by atoms with E-state index in [1.54, 1.807) is 0 Å². The van der Waals surface area contributed by atoms with Gasteiger partial charge in [-0.05, 0) is 0 Å². The SMILES string of the molecule is C[I-]N(C)C1C(N(C)C)N1I(C)C. The third-order valence-corrected chi connectivity index (χ3v) is 7.70. The van der Waals surface area contributed by atoms with Gasteiger partial charge in [0.15, 0.2) is 0 Å². The van der Waals surface area contributed by atoms with Crippen LogP contribution >= 0.6 is 20.1 Å². The van der Waals surface area contributed by atoms with E-state index in [1.165, 1.54) is 0 Å². The van der Waals surface area contributed by atoms with Crippen molar-refractivity contribution in [3.05, 3.63) is 0 Å². The molecule has 0 spiro atoms. The molecular weight excluding hydrogens is 392 g/mol. The van der Waals surface area contributed by atoms with Crippen LogP contribution in [0.3, 0.4) is 0 Å². The first-order chi connectivity index (χ1) is 6.00. The first-order valence-corrected chi connectivity index (χ1v) is 12.6. The maximum atomic E-state index is 2.72. The molecule has 0 saturated carbocycles. The topological polar surface area (TPSA) is 9.49 Å². The average molecular weight is 412 g/mol. The zero-order valence-electron chi connectivity index (χ0n) is 9.25. The summed E-state index contributed by atoms with van der Waals surface area (Å²) in [6.45, 7) is 0. The summed E-state index contributed by atoms with van der Waals surface area (Å²) in [5, 5.41) is 0. The number of likely N-dealkylation sites (N-methyl/N-ethyl adjacent to an activating group) is 2. The molecule has 0 bridgehead atoms. The monoisotopic (exact) mass is 412 g/mol. The number of nitrogens with zero attached hydrogens (tertiary/aromatic N) is 3. The van der Waals surface area contributed by atoms with Gasteiger partial charge in [-0.1, -0.05) is 0 Å². The molecule has 1 heterocycles. The second-order valence-corrected chi connectivity index (χ2v) is 11.2. The summed E-state index contributed by atoms with van der Waals surface area (Å²) in [4.78, 5) is 9.56. The summed E-state index contributed by atoms with van der Waals surface area (Å²) in [6, 6.07) is 0. The van der Waals surface area contributed by atoms with Gasteiger partial charge in [0, 0.05) is 0 Å². The maximum absolute atomic E-state index is 2.72. The van der Waals surface area contributed by atoms with Gasteiger partial charge in [0.1, 0.15) is 0 Å². The third-order valence-electron chi connectivity index (χ3n) is 2.23. The van der Waals surface area contributed by atoms with Crippen molar-refractivity contribution in [2.24, 2.45) is 0 Å². The fourth-order valence-corrected chi connectivity index (χ4v) is 6.70. The van der Waals surface area contributed by atoms with E-state index in [0.29, 0.717) is 6.17 Å². The van der Waals surface area contributed by atoms with E-state index in [1.807, 2.05) is 0 Å². The molecule has 1 aliphatic rings. The van der Waals surface area contributed by atoms with Gasteiger partial charge >= 0.3 is 101 Å². The third kappa shape index (κ3) is 2.67. The Balaban J connectivity index is 2.56. The van der Waals surface area contributed by atoms with E-state index in [2.05, 4.69) is 47.1 Å². The Morgan fingerprint density at radius 3 is 1.92 bits per heavy atom. The summed E-state index contributed by atoms with van der Waals surface area (Å²) in [7, 11) is 6.66. The normalized spacial score (nSPS) is 34.5. The van der Waals surface area contributed by atoms with E-state index in [-0.39, 0.29) is 21.5 Å². The zero-order chi connectivity index (χ0) is 10.2. The molecule has 1 fully saturated rings. The molecule has 1 rings (SSSR count). The molecule has 5 heteroatoms. The quantitative estimate of drug-likeness (QED) is 0.224. The van der Waals surface area contributed by atoms with Crippen LogP contribution in [-0.2, 0) is 0 Å². The predicted octanol–water partition coefficient (Wildman–Crippen LogP) is -2.24. The summed E-state index contributed by atoms with van der Waals surface area (Å²) in [6.07, 6.45) is 1.46. The molecule has 13 heavy (non-hydrogen) atoms. The van der Waals surface area contributed by atoms with E-state index in [0.717, 1.165) is 6.17 Å². The van der Waals surface area contributed by atoms with Gasteiger partial charge in [0.25, 0.3) is 0 Å². The zero-order valence-corrected chi connectivity index (χ0v) is 13.6. The number of halogens is 2. The Labute approximate surface area is 100 Å². The minimum absolute atomic E-state index is 0.251. The molecule has 0 aromatic rings. The van der Waals surface area contributed by atoms with Crippen LogP contribution in [0.25, 0.3) is 0 Å². The van der Waals surface area contributed by atoms with Crippen molar-refractivity contribution in [3.63, 3.8) is 0 Å². The van der Waals surface area contributed by atoms with Crippen LogP contribution in [0.5, 0.6) is 0 Å². The van der Waals surface area contributed by atoms with E-state index < -0.39 is 20.1 Å². The van der Waals surface area contributed by atoms with Crippen molar-refractivity contribution in [1.29, 1.82) is 0 Å². The molecule has 3 atom stereocenters. The molecule has 0 aliphatic carbocycles. The Morgan fingerprint density at radius 2 is 1.69 bits per heavy atom. The van der Waals surface area contributed by atoms with Crippen molar-refractivity contribution >= 4 is 20.1 Å². The molecule has 0 amide bonds. The Kier molecular flexibility index (Phi) is 4.69. The molecule has 1 aliphatic heterocycles. The van der Waals surface area contributed by atoms with Crippen LogP contribution in [0.4, 0.5) is 0 Å². The summed E-state index contributed by atoms with van der Waals surface area (Å²) in [5.41, 5.74) is 0. The molecule has 3 nitrogen and oxygen atoms in total. The van der Waals surface area contributed by atoms with E-state index in [4.69, 9.17) is 0 Å². The van der Waals surface area contributed by atoms with Gasteiger partial charge in [0.2, 0.25) is 0 Å². The summed E-state index contributed by atoms with van der Waals surface area (Å²) >= 11 is -0.518.